The van der Waals surface area contributed by atoms with Gasteiger partial charge in [0.2, 0.25) is 0 Å². The SMILES string of the molecule is C=CCNCCOc1ccccc1Cc1ccccc1. The third-order valence-electron chi connectivity index (χ3n) is 3.04. The minimum Gasteiger partial charge on any atom is -0.492 e. The smallest absolute Gasteiger partial charge is 0.122 e. The van der Waals surface area contributed by atoms with Crippen molar-refractivity contribution in [1.29, 1.82) is 0 Å². The molecular weight excluding hydrogens is 246 g/mol. The van der Waals surface area contributed by atoms with E-state index in [9.17, 15) is 0 Å². The van der Waals surface area contributed by atoms with Crippen molar-refractivity contribution in [3.63, 3.8) is 0 Å². The standard InChI is InChI=1S/C18H21NO/c1-2-12-19-13-14-20-18-11-7-6-10-17(18)15-16-8-4-3-5-9-16/h2-11,19H,1,12-15H2. The van der Waals surface area contributed by atoms with Gasteiger partial charge in [-0.15, -0.1) is 6.58 Å². The number of hydrogen-bond donors (Lipinski definition) is 1. The molecule has 2 rings (SSSR count). The van der Waals surface area contributed by atoms with Gasteiger partial charge in [0.15, 0.2) is 0 Å². The van der Waals surface area contributed by atoms with Crippen LogP contribution in [0.2, 0.25) is 0 Å². The third-order valence-corrected chi connectivity index (χ3v) is 3.04. The summed E-state index contributed by atoms with van der Waals surface area (Å²) in [6, 6.07) is 18.7. The predicted octanol–water partition coefficient (Wildman–Crippen LogP) is 3.43. The lowest BCUT2D eigenvalue weighted by molar-refractivity contribution is 0.314. The molecule has 0 aliphatic heterocycles. The zero-order chi connectivity index (χ0) is 14.0. The second-order valence-corrected chi connectivity index (χ2v) is 4.61. The van der Waals surface area contributed by atoms with Crippen LogP contribution < -0.4 is 10.1 Å². The monoisotopic (exact) mass is 267 g/mol. The molecule has 0 atom stereocenters. The van der Waals surface area contributed by atoms with E-state index in [0.29, 0.717) is 6.61 Å². The summed E-state index contributed by atoms with van der Waals surface area (Å²) in [5.74, 6) is 0.969. The summed E-state index contributed by atoms with van der Waals surface area (Å²) < 4.78 is 5.86. The second kappa shape index (κ2) is 8.18. The Hall–Kier alpha value is -2.06. The molecule has 104 valence electrons. The third kappa shape index (κ3) is 4.56. The first-order valence-corrected chi connectivity index (χ1v) is 6.96. The van der Waals surface area contributed by atoms with E-state index in [1.807, 2.05) is 24.3 Å². The fourth-order valence-corrected chi connectivity index (χ4v) is 2.04. The van der Waals surface area contributed by atoms with Crippen molar-refractivity contribution >= 4 is 0 Å². The highest BCUT2D eigenvalue weighted by atomic mass is 16.5. The Morgan fingerprint density at radius 3 is 2.55 bits per heavy atom. The Morgan fingerprint density at radius 2 is 1.75 bits per heavy atom. The van der Waals surface area contributed by atoms with E-state index in [1.54, 1.807) is 0 Å². The number of rotatable bonds is 8. The van der Waals surface area contributed by atoms with E-state index in [4.69, 9.17) is 4.74 Å². The molecule has 0 aromatic heterocycles. The van der Waals surface area contributed by atoms with E-state index < -0.39 is 0 Å². The first kappa shape index (κ1) is 14.4. The molecule has 20 heavy (non-hydrogen) atoms. The fraction of sp³-hybridized carbons (Fsp3) is 0.222. The van der Waals surface area contributed by atoms with Gasteiger partial charge in [-0.3, -0.25) is 0 Å². The first-order chi connectivity index (χ1) is 9.90. The highest BCUT2D eigenvalue weighted by Gasteiger charge is 2.03. The van der Waals surface area contributed by atoms with E-state index in [1.165, 1.54) is 11.1 Å². The number of nitrogens with one attached hydrogen (secondary N) is 1. The summed E-state index contributed by atoms with van der Waals surface area (Å²) in [5, 5.41) is 3.23. The van der Waals surface area contributed by atoms with E-state index >= 15 is 0 Å². The minimum absolute atomic E-state index is 0.666. The Morgan fingerprint density at radius 1 is 1.00 bits per heavy atom. The molecule has 0 unspecified atom stereocenters. The summed E-state index contributed by atoms with van der Waals surface area (Å²) >= 11 is 0. The van der Waals surface area contributed by atoms with Crippen LogP contribution in [0.15, 0.2) is 67.3 Å². The molecule has 1 N–H and O–H groups in total. The molecule has 0 spiro atoms. The van der Waals surface area contributed by atoms with Crippen molar-refractivity contribution in [3.05, 3.63) is 78.4 Å². The van der Waals surface area contributed by atoms with Gasteiger partial charge < -0.3 is 10.1 Å². The van der Waals surface area contributed by atoms with E-state index in [-0.39, 0.29) is 0 Å². The molecular formula is C18H21NO. The number of benzene rings is 2. The Balaban J connectivity index is 1.94. The highest BCUT2D eigenvalue weighted by Crippen LogP contribution is 2.21. The molecule has 2 nitrogen and oxygen atoms in total. The summed E-state index contributed by atoms with van der Waals surface area (Å²) in [5.41, 5.74) is 2.52. The Bertz CT molecular complexity index is 522. The zero-order valence-corrected chi connectivity index (χ0v) is 11.7. The maximum Gasteiger partial charge on any atom is 0.122 e. The molecule has 2 aromatic rings. The van der Waals surface area contributed by atoms with Crippen molar-refractivity contribution in [2.24, 2.45) is 0 Å². The van der Waals surface area contributed by atoms with Gasteiger partial charge in [-0.05, 0) is 17.2 Å². The molecule has 0 heterocycles. The molecule has 2 heteroatoms. The highest BCUT2D eigenvalue weighted by molar-refractivity contribution is 5.37. The molecule has 0 aliphatic rings. The molecule has 0 aliphatic carbocycles. The summed E-state index contributed by atoms with van der Waals surface area (Å²) in [6.07, 6.45) is 2.75. The average Bonchev–Trinajstić information content (AvgIpc) is 2.50. The molecule has 0 saturated carbocycles. The predicted molar refractivity (Wildman–Crippen MR) is 84.3 cm³/mol. The number of para-hydroxylation sites is 1. The number of ether oxygens (including phenoxy) is 1. The lowest BCUT2D eigenvalue weighted by atomic mass is 10.0. The topological polar surface area (TPSA) is 21.3 Å². The molecule has 0 saturated heterocycles. The van der Waals surface area contributed by atoms with Gasteiger partial charge in [-0.1, -0.05) is 54.6 Å². The van der Waals surface area contributed by atoms with Gasteiger partial charge in [-0.2, -0.15) is 0 Å². The van der Waals surface area contributed by atoms with Crippen molar-refractivity contribution in [2.45, 2.75) is 6.42 Å². The second-order valence-electron chi connectivity index (χ2n) is 4.61. The van der Waals surface area contributed by atoms with Gasteiger partial charge in [-0.25, -0.2) is 0 Å². The van der Waals surface area contributed by atoms with Crippen LogP contribution in [-0.2, 0) is 6.42 Å². The molecule has 0 fully saturated rings. The van der Waals surface area contributed by atoms with Gasteiger partial charge in [0, 0.05) is 19.5 Å². The summed E-state index contributed by atoms with van der Waals surface area (Å²) in [7, 11) is 0. The first-order valence-electron chi connectivity index (χ1n) is 6.96. The quantitative estimate of drug-likeness (QED) is 0.584. The molecule has 0 bridgehead atoms. The van der Waals surface area contributed by atoms with Crippen LogP contribution in [0.1, 0.15) is 11.1 Å². The minimum atomic E-state index is 0.666. The summed E-state index contributed by atoms with van der Waals surface area (Å²) in [6.45, 7) is 5.98. The van der Waals surface area contributed by atoms with Crippen molar-refractivity contribution in [1.82, 2.24) is 5.32 Å². The van der Waals surface area contributed by atoms with Gasteiger partial charge >= 0.3 is 0 Å². The Labute approximate surface area is 121 Å². The van der Waals surface area contributed by atoms with E-state index in [0.717, 1.165) is 25.3 Å². The van der Waals surface area contributed by atoms with E-state index in [2.05, 4.69) is 48.3 Å². The fourth-order valence-electron chi connectivity index (χ4n) is 2.04. The molecule has 2 aromatic carbocycles. The Kier molecular flexibility index (Phi) is 5.87. The van der Waals surface area contributed by atoms with Crippen LogP contribution in [0.4, 0.5) is 0 Å². The molecule has 0 amide bonds. The van der Waals surface area contributed by atoms with Gasteiger partial charge in [0.1, 0.15) is 12.4 Å². The molecule has 0 radical (unpaired) electrons. The van der Waals surface area contributed by atoms with Gasteiger partial charge in [0.05, 0.1) is 0 Å². The average molecular weight is 267 g/mol. The maximum atomic E-state index is 5.86. The largest absolute Gasteiger partial charge is 0.492 e. The van der Waals surface area contributed by atoms with Crippen LogP contribution in [0, 0.1) is 0 Å². The zero-order valence-electron chi connectivity index (χ0n) is 11.7. The van der Waals surface area contributed by atoms with Crippen LogP contribution >= 0.6 is 0 Å². The van der Waals surface area contributed by atoms with Crippen molar-refractivity contribution in [2.75, 3.05) is 19.7 Å². The van der Waals surface area contributed by atoms with Gasteiger partial charge in [0.25, 0.3) is 0 Å². The summed E-state index contributed by atoms with van der Waals surface area (Å²) in [4.78, 5) is 0. The lowest BCUT2D eigenvalue weighted by Crippen LogP contribution is -2.21. The maximum absolute atomic E-state index is 5.86. The van der Waals surface area contributed by atoms with Crippen LogP contribution in [0.5, 0.6) is 5.75 Å². The van der Waals surface area contributed by atoms with Crippen LogP contribution in [0.25, 0.3) is 0 Å². The van der Waals surface area contributed by atoms with Crippen molar-refractivity contribution < 1.29 is 4.74 Å². The van der Waals surface area contributed by atoms with Crippen LogP contribution in [-0.4, -0.2) is 19.7 Å². The van der Waals surface area contributed by atoms with Crippen LogP contribution in [0.3, 0.4) is 0 Å². The normalized spacial score (nSPS) is 10.2. The lowest BCUT2D eigenvalue weighted by Gasteiger charge is -2.11. The number of hydrogen-bond acceptors (Lipinski definition) is 2. The van der Waals surface area contributed by atoms with Crippen molar-refractivity contribution in [3.8, 4) is 5.75 Å².